The van der Waals surface area contributed by atoms with Crippen molar-refractivity contribution < 1.29 is 13.5 Å². The third kappa shape index (κ3) is 3.87. The lowest BCUT2D eigenvalue weighted by Crippen LogP contribution is -2.38. The summed E-state index contributed by atoms with van der Waals surface area (Å²) in [5.74, 6) is 1.03. The lowest BCUT2D eigenvalue weighted by Gasteiger charge is -2.12. The summed E-state index contributed by atoms with van der Waals surface area (Å²) in [4.78, 5) is 4.51. The molecule has 22 heavy (non-hydrogen) atoms. The molecular formula is C16H21F2N3O. The van der Waals surface area contributed by atoms with E-state index in [1.165, 1.54) is 12.8 Å². The van der Waals surface area contributed by atoms with E-state index in [1.54, 1.807) is 12.1 Å². The summed E-state index contributed by atoms with van der Waals surface area (Å²) in [7, 11) is 0. The maximum absolute atomic E-state index is 12.1. The molecule has 0 saturated heterocycles. The van der Waals surface area contributed by atoms with Crippen LogP contribution in [0, 0.1) is 0 Å². The van der Waals surface area contributed by atoms with Crippen molar-refractivity contribution in [3.63, 3.8) is 0 Å². The first-order valence-electron chi connectivity index (χ1n) is 7.76. The predicted molar refractivity (Wildman–Crippen MR) is 81.2 cm³/mol. The van der Waals surface area contributed by atoms with Crippen molar-refractivity contribution in [3.8, 4) is 5.75 Å². The van der Waals surface area contributed by atoms with E-state index in [0.717, 1.165) is 24.8 Å². The van der Waals surface area contributed by atoms with Crippen LogP contribution in [-0.4, -0.2) is 24.7 Å². The number of halogens is 2. The van der Waals surface area contributed by atoms with Gasteiger partial charge >= 0.3 is 6.61 Å². The first-order valence-corrected chi connectivity index (χ1v) is 7.76. The Morgan fingerprint density at radius 3 is 2.55 bits per heavy atom. The Morgan fingerprint density at radius 2 is 1.91 bits per heavy atom. The van der Waals surface area contributed by atoms with Gasteiger partial charge in [0.25, 0.3) is 0 Å². The van der Waals surface area contributed by atoms with Crippen LogP contribution in [0.2, 0.25) is 0 Å². The van der Waals surface area contributed by atoms with E-state index >= 15 is 0 Å². The van der Waals surface area contributed by atoms with E-state index in [4.69, 9.17) is 5.73 Å². The number of nitrogens with zero attached hydrogens (tertiary/aromatic N) is 1. The molecular weight excluding hydrogens is 288 g/mol. The average molecular weight is 309 g/mol. The van der Waals surface area contributed by atoms with Gasteiger partial charge in [0.1, 0.15) is 5.75 Å². The Labute approximate surface area is 128 Å². The van der Waals surface area contributed by atoms with Crippen molar-refractivity contribution in [2.75, 3.05) is 0 Å². The molecule has 2 atom stereocenters. The summed E-state index contributed by atoms with van der Waals surface area (Å²) in [5.41, 5.74) is 7.04. The zero-order valence-electron chi connectivity index (χ0n) is 12.3. The first kappa shape index (κ1) is 15.1. The number of hydrogen-bond acceptors (Lipinski definition) is 2. The molecule has 4 nitrogen and oxygen atoms in total. The van der Waals surface area contributed by atoms with Gasteiger partial charge in [-0.25, -0.2) is 4.99 Å². The van der Waals surface area contributed by atoms with Crippen LogP contribution in [0.15, 0.2) is 29.3 Å². The van der Waals surface area contributed by atoms with E-state index in [2.05, 4.69) is 15.0 Å². The molecule has 0 spiro atoms. The van der Waals surface area contributed by atoms with E-state index in [0.29, 0.717) is 17.9 Å². The zero-order chi connectivity index (χ0) is 15.5. The van der Waals surface area contributed by atoms with Crippen molar-refractivity contribution in [3.05, 3.63) is 29.8 Å². The number of hydrogen-bond donors (Lipinski definition) is 2. The monoisotopic (exact) mass is 309 g/mol. The summed E-state index contributed by atoms with van der Waals surface area (Å²) in [6.07, 6.45) is 5.78. The Hall–Kier alpha value is -1.85. The first-order chi connectivity index (χ1) is 10.6. The van der Waals surface area contributed by atoms with Gasteiger partial charge in [-0.1, -0.05) is 25.0 Å². The van der Waals surface area contributed by atoms with Crippen LogP contribution < -0.4 is 15.8 Å². The number of nitrogens with one attached hydrogen (secondary N) is 1. The van der Waals surface area contributed by atoms with Crippen molar-refractivity contribution in [2.24, 2.45) is 10.7 Å². The molecule has 2 fully saturated rings. The van der Waals surface area contributed by atoms with Gasteiger partial charge in [0, 0.05) is 12.0 Å². The quantitative estimate of drug-likeness (QED) is 0.649. The van der Waals surface area contributed by atoms with Gasteiger partial charge in [-0.3, -0.25) is 0 Å². The number of ether oxygens (including phenoxy) is 1. The van der Waals surface area contributed by atoms with Crippen molar-refractivity contribution in [1.29, 1.82) is 0 Å². The van der Waals surface area contributed by atoms with Crippen LogP contribution >= 0.6 is 0 Å². The number of guanidine groups is 1. The number of nitrogens with two attached hydrogens (primary N) is 1. The van der Waals surface area contributed by atoms with E-state index < -0.39 is 6.61 Å². The summed E-state index contributed by atoms with van der Waals surface area (Å²) < 4.78 is 28.6. The van der Waals surface area contributed by atoms with E-state index in [-0.39, 0.29) is 11.8 Å². The van der Waals surface area contributed by atoms with Crippen LogP contribution in [0.5, 0.6) is 5.75 Å². The SMILES string of the molecule is NC(=N[C@@H]1C[C@H]1c1ccc(OC(F)F)cc1)NC1CCCC1. The van der Waals surface area contributed by atoms with Crippen LogP contribution in [0.3, 0.4) is 0 Å². The average Bonchev–Trinajstić information content (AvgIpc) is 3.03. The van der Waals surface area contributed by atoms with Gasteiger partial charge < -0.3 is 15.8 Å². The number of aliphatic imine (C=N–C) groups is 1. The standard InChI is InChI=1S/C16H21F2N3O/c17-15(18)22-12-7-5-10(6-8-12)13-9-14(13)21-16(19)20-11-3-1-2-4-11/h5-8,11,13-15H,1-4,9H2,(H3,19,20,21)/t13-,14+/m0/s1. The predicted octanol–water partition coefficient (Wildman–Crippen LogP) is 2.99. The van der Waals surface area contributed by atoms with Crippen LogP contribution in [0.1, 0.15) is 43.6 Å². The molecule has 0 aliphatic heterocycles. The van der Waals surface area contributed by atoms with Gasteiger partial charge in [0.2, 0.25) is 0 Å². The van der Waals surface area contributed by atoms with Crippen LogP contribution in [0.4, 0.5) is 8.78 Å². The van der Waals surface area contributed by atoms with Crippen LogP contribution in [-0.2, 0) is 0 Å². The molecule has 0 heterocycles. The molecule has 0 unspecified atom stereocenters. The molecule has 0 amide bonds. The smallest absolute Gasteiger partial charge is 0.387 e. The Kier molecular flexibility index (Phi) is 4.45. The Balaban J connectivity index is 1.52. The molecule has 0 radical (unpaired) electrons. The Bertz CT molecular complexity index is 527. The van der Waals surface area contributed by atoms with Crippen molar-refractivity contribution in [1.82, 2.24) is 5.32 Å². The summed E-state index contributed by atoms with van der Waals surface area (Å²) in [6, 6.07) is 7.43. The normalized spacial score (nSPS) is 25.5. The molecule has 3 rings (SSSR count). The minimum absolute atomic E-state index is 0.182. The summed E-state index contributed by atoms with van der Waals surface area (Å²) >= 11 is 0. The zero-order valence-corrected chi connectivity index (χ0v) is 12.3. The lowest BCUT2D eigenvalue weighted by atomic mass is 10.1. The summed E-state index contributed by atoms with van der Waals surface area (Å²) in [6.45, 7) is -2.79. The van der Waals surface area contributed by atoms with Gasteiger partial charge in [0.15, 0.2) is 5.96 Å². The highest BCUT2D eigenvalue weighted by Gasteiger charge is 2.38. The Morgan fingerprint density at radius 1 is 1.23 bits per heavy atom. The fraction of sp³-hybridized carbons (Fsp3) is 0.562. The molecule has 2 saturated carbocycles. The maximum Gasteiger partial charge on any atom is 0.387 e. The third-order valence-corrected chi connectivity index (χ3v) is 4.30. The molecule has 2 aliphatic carbocycles. The highest BCUT2D eigenvalue weighted by molar-refractivity contribution is 5.78. The third-order valence-electron chi connectivity index (χ3n) is 4.30. The molecule has 6 heteroatoms. The molecule has 1 aromatic carbocycles. The van der Waals surface area contributed by atoms with E-state index in [9.17, 15) is 8.78 Å². The minimum Gasteiger partial charge on any atom is -0.435 e. The molecule has 120 valence electrons. The number of alkyl halides is 2. The van der Waals surface area contributed by atoms with Crippen LogP contribution in [0.25, 0.3) is 0 Å². The van der Waals surface area contributed by atoms with Crippen molar-refractivity contribution >= 4 is 5.96 Å². The maximum atomic E-state index is 12.1. The van der Waals surface area contributed by atoms with E-state index in [1.807, 2.05) is 12.1 Å². The molecule has 0 bridgehead atoms. The largest absolute Gasteiger partial charge is 0.435 e. The summed E-state index contributed by atoms with van der Waals surface area (Å²) in [5, 5.41) is 3.28. The van der Waals surface area contributed by atoms with Gasteiger partial charge in [0.05, 0.1) is 6.04 Å². The van der Waals surface area contributed by atoms with Gasteiger partial charge in [-0.2, -0.15) is 8.78 Å². The van der Waals surface area contributed by atoms with Crippen molar-refractivity contribution in [2.45, 2.75) is 56.7 Å². The fourth-order valence-corrected chi connectivity index (χ4v) is 3.07. The topological polar surface area (TPSA) is 59.6 Å². The minimum atomic E-state index is -2.79. The lowest BCUT2D eigenvalue weighted by molar-refractivity contribution is -0.0498. The second-order valence-corrected chi connectivity index (χ2v) is 6.00. The number of benzene rings is 1. The fourth-order valence-electron chi connectivity index (χ4n) is 3.07. The molecule has 0 aromatic heterocycles. The molecule has 2 aliphatic rings. The second-order valence-electron chi connectivity index (χ2n) is 6.00. The van der Waals surface area contributed by atoms with Gasteiger partial charge in [-0.15, -0.1) is 0 Å². The highest BCUT2D eigenvalue weighted by Crippen LogP contribution is 2.43. The van der Waals surface area contributed by atoms with Gasteiger partial charge in [-0.05, 0) is 37.0 Å². The molecule has 3 N–H and O–H groups in total. The number of rotatable bonds is 5. The highest BCUT2D eigenvalue weighted by atomic mass is 19.3. The second kappa shape index (κ2) is 6.50. The molecule has 1 aromatic rings.